The van der Waals surface area contributed by atoms with E-state index < -0.39 is 9.84 Å². The molecule has 0 radical (unpaired) electrons. The third kappa shape index (κ3) is 3.07. The molecule has 0 saturated carbocycles. The second-order valence-corrected chi connectivity index (χ2v) is 6.75. The molecule has 6 heteroatoms. The molecule has 0 atom stereocenters. The van der Waals surface area contributed by atoms with E-state index in [1.807, 2.05) is 11.0 Å². The van der Waals surface area contributed by atoms with Gasteiger partial charge in [-0.1, -0.05) is 0 Å². The molecule has 1 saturated heterocycles. The van der Waals surface area contributed by atoms with Crippen LogP contribution in [0.2, 0.25) is 0 Å². The fraction of sp³-hybridized carbons (Fsp3) is 0.500. The summed E-state index contributed by atoms with van der Waals surface area (Å²) >= 11 is 0. The smallest absolute Gasteiger partial charge is 0.178 e. The summed E-state index contributed by atoms with van der Waals surface area (Å²) < 4.78 is 23.0. The molecule has 2 heterocycles. The van der Waals surface area contributed by atoms with Crippen LogP contribution in [0.5, 0.6) is 0 Å². The molecular weight excluding hydrogens is 252 g/mol. The molecule has 0 bridgehead atoms. The highest BCUT2D eigenvalue weighted by Crippen LogP contribution is 2.16. The molecule has 1 fully saturated rings. The number of carbonyl (C=O) groups excluding carboxylic acids is 1. The van der Waals surface area contributed by atoms with Crippen LogP contribution in [0.4, 0.5) is 5.69 Å². The fourth-order valence-electron chi connectivity index (χ4n) is 1.98. The van der Waals surface area contributed by atoms with Crippen LogP contribution < -0.4 is 4.90 Å². The Hall–Kier alpha value is -1.43. The number of ketones is 1. The summed E-state index contributed by atoms with van der Waals surface area (Å²) in [6, 6.07) is 3.50. The first-order chi connectivity index (χ1) is 8.48. The van der Waals surface area contributed by atoms with Gasteiger partial charge in [0.1, 0.15) is 5.69 Å². The summed E-state index contributed by atoms with van der Waals surface area (Å²) in [6.45, 7) is 2.67. The van der Waals surface area contributed by atoms with Gasteiger partial charge in [0.2, 0.25) is 0 Å². The number of aromatic nitrogens is 1. The lowest BCUT2D eigenvalue weighted by molar-refractivity contribution is 0.101. The van der Waals surface area contributed by atoms with E-state index in [2.05, 4.69) is 4.98 Å². The molecule has 1 aliphatic heterocycles. The van der Waals surface area contributed by atoms with Crippen molar-refractivity contribution in [1.82, 2.24) is 4.98 Å². The van der Waals surface area contributed by atoms with Gasteiger partial charge < -0.3 is 4.90 Å². The zero-order valence-corrected chi connectivity index (χ0v) is 11.1. The molecule has 0 N–H and O–H groups in total. The maximum Gasteiger partial charge on any atom is 0.178 e. The molecule has 98 valence electrons. The van der Waals surface area contributed by atoms with E-state index in [9.17, 15) is 13.2 Å². The monoisotopic (exact) mass is 268 g/mol. The standard InChI is InChI=1S/C12H16N2O3S/c1-10(15)12-4-3-11(9-13-12)14-5-2-7-18(16,17)8-6-14/h3-4,9H,2,5-8H2,1H3. The minimum absolute atomic E-state index is 0.0694. The lowest BCUT2D eigenvalue weighted by Gasteiger charge is -2.21. The van der Waals surface area contributed by atoms with Gasteiger partial charge in [-0.25, -0.2) is 8.42 Å². The highest BCUT2D eigenvalue weighted by molar-refractivity contribution is 7.91. The van der Waals surface area contributed by atoms with Gasteiger partial charge in [-0.15, -0.1) is 0 Å². The molecule has 2 rings (SSSR count). The minimum atomic E-state index is -2.90. The minimum Gasteiger partial charge on any atom is -0.369 e. The van der Waals surface area contributed by atoms with Crippen molar-refractivity contribution in [2.24, 2.45) is 0 Å². The first kappa shape index (κ1) is 13.0. The third-order valence-electron chi connectivity index (χ3n) is 3.03. The van der Waals surface area contributed by atoms with Crippen LogP contribution in [-0.2, 0) is 9.84 Å². The average Bonchev–Trinajstić information content (AvgIpc) is 2.50. The van der Waals surface area contributed by atoms with Crippen LogP contribution in [0.3, 0.4) is 0 Å². The van der Waals surface area contributed by atoms with Crippen LogP contribution in [0.1, 0.15) is 23.8 Å². The summed E-state index contributed by atoms with van der Waals surface area (Å²) in [4.78, 5) is 17.2. The Morgan fingerprint density at radius 3 is 2.67 bits per heavy atom. The topological polar surface area (TPSA) is 67.3 Å². The zero-order valence-electron chi connectivity index (χ0n) is 10.3. The van der Waals surface area contributed by atoms with Crippen molar-refractivity contribution in [3.8, 4) is 0 Å². The predicted octanol–water partition coefficient (Wildman–Crippen LogP) is 0.909. The first-order valence-corrected chi connectivity index (χ1v) is 7.72. The van der Waals surface area contributed by atoms with E-state index in [1.165, 1.54) is 6.92 Å². The van der Waals surface area contributed by atoms with Crippen molar-refractivity contribution in [2.45, 2.75) is 13.3 Å². The molecule has 0 amide bonds. The maximum absolute atomic E-state index is 11.5. The van der Waals surface area contributed by atoms with Crippen molar-refractivity contribution in [3.63, 3.8) is 0 Å². The van der Waals surface area contributed by atoms with Crippen LogP contribution in [0, 0.1) is 0 Å². The Kier molecular flexibility index (Phi) is 3.65. The quantitative estimate of drug-likeness (QED) is 0.746. The summed E-state index contributed by atoms with van der Waals surface area (Å²) in [6.07, 6.45) is 2.27. The Labute approximate surface area is 107 Å². The van der Waals surface area contributed by atoms with Gasteiger partial charge in [-0.3, -0.25) is 9.78 Å². The maximum atomic E-state index is 11.5. The SMILES string of the molecule is CC(=O)c1ccc(N2CCCS(=O)(=O)CC2)cn1. The van der Waals surface area contributed by atoms with Crippen molar-refractivity contribution >= 4 is 21.3 Å². The van der Waals surface area contributed by atoms with Crippen LogP contribution in [0.25, 0.3) is 0 Å². The molecule has 1 aromatic heterocycles. The van der Waals surface area contributed by atoms with E-state index in [0.717, 1.165) is 5.69 Å². The second-order valence-electron chi connectivity index (χ2n) is 4.45. The normalized spacial score (nSPS) is 19.3. The highest BCUT2D eigenvalue weighted by Gasteiger charge is 2.19. The van der Waals surface area contributed by atoms with Gasteiger partial charge in [-0.2, -0.15) is 0 Å². The van der Waals surface area contributed by atoms with Crippen molar-refractivity contribution in [2.75, 3.05) is 29.5 Å². The fourth-order valence-corrected chi connectivity index (χ4v) is 3.25. The molecule has 5 nitrogen and oxygen atoms in total. The Morgan fingerprint density at radius 1 is 1.28 bits per heavy atom. The molecule has 18 heavy (non-hydrogen) atoms. The van der Waals surface area contributed by atoms with Crippen molar-refractivity contribution < 1.29 is 13.2 Å². The third-order valence-corrected chi connectivity index (χ3v) is 4.74. The van der Waals surface area contributed by atoms with Gasteiger partial charge in [-0.05, 0) is 18.6 Å². The van der Waals surface area contributed by atoms with Gasteiger partial charge in [0.25, 0.3) is 0 Å². The predicted molar refractivity (Wildman–Crippen MR) is 69.7 cm³/mol. The van der Waals surface area contributed by atoms with E-state index in [0.29, 0.717) is 25.2 Å². The number of hydrogen-bond donors (Lipinski definition) is 0. The average molecular weight is 268 g/mol. The molecule has 1 aromatic rings. The van der Waals surface area contributed by atoms with Gasteiger partial charge in [0.05, 0.1) is 23.4 Å². The number of sulfone groups is 1. The van der Waals surface area contributed by atoms with Crippen LogP contribution >= 0.6 is 0 Å². The Balaban J connectivity index is 2.14. The summed E-state index contributed by atoms with van der Waals surface area (Å²) in [5.41, 5.74) is 1.30. The Morgan fingerprint density at radius 2 is 2.06 bits per heavy atom. The molecule has 0 unspecified atom stereocenters. The highest BCUT2D eigenvalue weighted by atomic mass is 32.2. The van der Waals surface area contributed by atoms with Gasteiger partial charge in [0.15, 0.2) is 15.6 Å². The zero-order chi connectivity index (χ0) is 13.2. The molecule has 0 spiro atoms. The number of anilines is 1. The summed E-state index contributed by atoms with van der Waals surface area (Å²) in [7, 11) is -2.90. The van der Waals surface area contributed by atoms with Crippen LogP contribution in [0.15, 0.2) is 18.3 Å². The van der Waals surface area contributed by atoms with Crippen molar-refractivity contribution in [3.05, 3.63) is 24.0 Å². The summed E-state index contributed by atoms with van der Waals surface area (Å²) in [5.74, 6) is 0.365. The second kappa shape index (κ2) is 5.06. The number of rotatable bonds is 2. The number of carbonyl (C=O) groups is 1. The van der Waals surface area contributed by atoms with E-state index in [4.69, 9.17) is 0 Å². The first-order valence-electron chi connectivity index (χ1n) is 5.90. The summed E-state index contributed by atoms with van der Waals surface area (Å²) in [5, 5.41) is 0. The number of hydrogen-bond acceptors (Lipinski definition) is 5. The molecular formula is C12H16N2O3S. The van der Waals surface area contributed by atoms with E-state index in [1.54, 1.807) is 12.3 Å². The number of pyridine rings is 1. The lowest BCUT2D eigenvalue weighted by Crippen LogP contribution is -2.26. The molecule has 0 aliphatic carbocycles. The van der Waals surface area contributed by atoms with Gasteiger partial charge >= 0.3 is 0 Å². The van der Waals surface area contributed by atoms with Crippen molar-refractivity contribution in [1.29, 1.82) is 0 Å². The van der Waals surface area contributed by atoms with Crippen LogP contribution in [-0.4, -0.2) is 43.8 Å². The van der Waals surface area contributed by atoms with E-state index >= 15 is 0 Å². The number of Topliss-reactive ketones (excluding diaryl/α,β-unsaturated/α-hetero) is 1. The van der Waals surface area contributed by atoms with E-state index in [-0.39, 0.29) is 17.3 Å². The number of nitrogens with zero attached hydrogens (tertiary/aromatic N) is 2. The lowest BCUT2D eigenvalue weighted by atomic mass is 10.2. The Bertz CT molecular complexity index is 537. The molecule has 1 aliphatic rings. The van der Waals surface area contributed by atoms with Gasteiger partial charge in [0, 0.05) is 20.0 Å². The molecule has 0 aromatic carbocycles. The largest absolute Gasteiger partial charge is 0.369 e.